The third-order valence-corrected chi connectivity index (χ3v) is 3.22. The molecule has 0 amide bonds. The van der Waals surface area contributed by atoms with Gasteiger partial charge in [-0.25, -0.2) is 9.97 Å². The first kappa shape index (κ1) is 24.2. The van der Waals surface area contributed by atoms with Gasteiger partial charge >= 0.3 is 0 Å². The summed E-state index contributed by atoms with van der Waals surface area (Å²) in [6.07, 6.45) is 0.966. The van der Waals surface area contributed by atoms with Gasteiger partial charge in [-0.05, 0) is 20.3 Å². The predicted molar refractivity (Wildman–Crippen MR) is 112 cm³/mol. The zero-order valence-corrected chi connectivity index (χ0v) is 17.3. The molecule has 2 aromatic heterocycles. The molecule has 2 rings (SSSR count). The van der Waals surface area contributed by atoms with E-state index >= 15 is 0 Å². The lowest BCUT2D eigenvalue weighted by Gasteiger charge is -2.19. The van der Waals surface area contributed by atoms with Crippen LogP contribution in [0.5, 0.6) is 0 Å². The molecule has 0 spiro atoms. The van der Waals surface area contributed by atoms with Gasteiger partial charge in [0.2, 0.25) is 11.9 Å². The van der Waals surface area contributed by atoms with Gasteiger partial charge in [-0.2, -0.15) is 9.97 Å². The van der Waals surface area contributed by atoms with E-state index in [1.807, 2.05) is 0 Å². The summed E-state index contributed by atoms with van der Waals surface area (Å²) < 4.78 is 0. The van der Waals surface area contributed by atoms with Crippen LogP contribution in [0.4, 0.5) is 23.5 Å². The third-order valence-electron chi connectivity index (χ3n) is 3.22. The number of halogens is 2. The van der Waals surface area contributed by atoms with Crippen LogP contribution in [-0.4, -0.2) is 57.8 Å². The molecule has 0 aliphatic heterocycles. The third kappa shape index (κ3) is 6.15. The molecule has 2 aromatic rings. The number of aromatic nitrogens is 4. The molecule has 5 N–H and O–H groups in total. The summed E-state index contributed by atoms with van der Waals surface area (Å²) in [5.41, 5.74) is 0.343. The summed E-state index contributed by atoms with van der Waals surface area (Å²) >= 11 is 0. The van der Waals surface area contributed by atoms with Gasteiger partial charge in [0.05, 0.1) is 5.60 Å². The van der Waals surface area contributed by atoms with Gasteiger partial charge < -0.3 is 26.4 Å². The monoisotopic (exact) mass is 406 g/mol. The maximum atomic E-state index is 9.97. The van der Waals surface area contributed by atoms with Crippen LogP contribution in [-0.2, 0) is 0 Å². The fourth-order valence-corrected chi connectivity index (χ4v) is 2.03. The molecular formula is C15H28Cl2N8O. The first-order valence-corrected chi connectivity index (χ1v) is 8.03. The molecule has 0 fully saturated rings. The van der Waals surface area contributed by atoms with E-state index in [-0.39, 0.29) is 24.8 Å². The molecule has 0 atom stereocenters. The second-order valence-electron chi connectivity index (χ2n) is 6.08. The van der Waals surface area contributed by atoms with E-state index in [1.54, 1.807) is 27.9 Å². The molecule has 26 heavy (non-hydrogen) atoms. The molecule has 0 unspecified atom stereocenters. The van der Waals surface area contributed by atoms with Gasteiger partial charge in [0.25, 0.3) is 0 Å². The van der Waals surface area contributed by atoms with Crippen molar-refractivity contribution in [1.29, 1.82) is 0 Å². The van der Waals surface area contributed by atoms with Crippen LogP contribution < -0.4 is 21.3 Å². The molecule has 0 bridgehead atoms. The molecule has 9 nitrogen and oxygen atoms in total. The quantitative estimate of drug-likeness (QED) is 0.449. The summed E-state index contributed by atoms with van der Waals surface area (Å²) in [5.74, 6) is 2.13. The Bertz CT molecular complexity index is 708. The van der Waals surface area contributed by atoms with Crippen LogP contribution in [0.2, 0.25) is 0 Å². The van der Waals surface area contributed by atoms with E-state index in [4.69, 9.17) is 0 Å². The minimum Gasteiger partial charge on any atom is -0.389 e. The van der Waals surface area contributed by atoms with Crippen molar-refractivity contribution in [2.45, 2.75) is 32.8 Å². The summed E-state index contributed by atoms with van der Waals surface area (Å²) in [5, 5.41) is 22.3. The molecule has 11 heteroatoms. The van der Waals surface area contributed by atoms with Crippen molar-refractivity contribution in [3.05, 3.63) is 0 Å². The van der Waals surface area contributed by atoms with Crippen LogP contribution in [0.25, 0.3) is 11.0 Å². The van der Waals surface area contributed by atoms with Crippen molar-refractivity contribution in [3.8, 4) is 0 Å². The molecule has 0 saturated carbocycles. The van der Waals surface area contributed by atoms with E-state index in [2.05, 4.69) is 48.1 Å². The fraction of sp³-hybridized carbons (Fsp3) is 0.600. The zero-order chi connectivity index (χ0) is 17.7. The lowest BCUT2D eigenvalue weighted by Crippen LogP contribution is -2.29. The van der Waals surface area contributed by atoms with Crippen LogP contribution >= 0.6 is 24.8 Å². The maximum Gasteiger partial charge on any atom is 0.225 e. The summed E-state index contributed by atoms with van der Waals surface area (Å²) in [7, 11) is 3.51. The second-order valence-corrected chi connectivity index (χ2v) is 6.08. The standard InChI is InChI=1S/C15H26N8O.2ClH/c1-6-7-18-11-9-10(21-13(16-4)22-11)12(19-8-15(2,3)24)23-14(17-5)20-9;;/h24H,6-8H2,1-5H3,(H2,16,18,21,22)(H2,17,19,20,23);2*1H. The van der Waals surface area contributed by atoms with Gasteiger partial charge in [0.1, 0.15) is 11.0 Å². The highest BCUT2D eigenvalue weighted by atomic mass is 35.5. The van der Waals surface area contributed by atoms with Gasteiger partial charge in [-0.3, -0.25) is 0 Å². The minimum absolute atomic E-state index is 0. The number of anilines is 4. The minimum atomic E-state index is -0.876. The number of hydrogen-bond acceptors (Lipinski definition) is 9. The molecule has 0 aliphatic rings. The molecule has 148 valence electrons. The first-order chi connectivity index (χ1) is 11.4. The number of aliphatic hydroxyl groups is 1. The first-order valence-electron chi connectivity index (χ1n) is 8.03. The van der Waals surface area contributed by atoms with Crippen molar-refractivity contribution in [2.24, 2.45) is 0 Å². The summed E-state index contributed by atoms with van der Waals surface area (Å²) in [6.45, 7) is 6.65. The van der Waals surface area contributed by atoms with E-state index < -0.39 is 5.60 Å². The average Bonchev–Trinajstić information content (AvgIpc) is 2.56. The smallest absolute Gasteiger partial charge is 0.225 e. The Balaban J connectivity index is 0.00000312. The van der Waals surface area contributed by atoms with Gasteiger partial charge in [-0.15, -0.1) is 24.8 Å². The molecule has 0 aromatic carbocycles. The fourth-order valence-electron chi connectivity index (χ4n) is 2.03. The number of rotatable bonds is 8. The Labute approximate surface area is 166 Å². The largest absolute Gasteiger partial charge is 0.389 e. The Morgan fingerprint density at radius 2 is 1.31 bits per heavy atom. The van der Waals surface area contributed by atoms with E-state index in [0.717, 1.165) is 13.0 Å². The number of nitrogens with one attached hydrogen (secondary N) is 4. The van der Waals surface area contributed by atoms with Crippen LogP contribution in [0.3, 0.4) is 0 Å². The highest BCUT2D eigenvalue weighted by molar-refractivity contribution is 5.94. The lowest BCUT2D eigenvalue weighted by molar-refractivity contribution is 0.0944. The van der Waals surface area contributed by atoms with Crippen LogP contribution in [0, 0.1) is 0 Å². The van der Waals surface area contributed by atoms with E-state index in [9.17, 15) is 5.11 Å². The maximum absolute atomic E-state index is 9.97. The summed E-state index contributed by atoms with van der Waals surface area (Å²) in [6, 6.07) is 0. The predicted octanol–water partition coefficient (Wildman–Crippen LogP) is 2.35. The van der Waals surface area contributed by atoms with Crippen molar-refractivity contribution < 1.29 is 5.11 Å². The average molecular weight is 407 g/mol. The number of nitrogens with zero attached hydrogens (tertiary/aromatic N) is 4. The van der Waals surface area contributed by atoms with Gasteiger partial charge in [0, 0.05) is 27.2 Å². The summed E-state index contributed by atoms with van der Waals surface area (Å²) in [4.78, 5) is 17.8. The highest BCUT2D eigenvalue weighted by Crippen LogP contribution is 2.27. The number of hydrogen-bond donors (Lipinski definition) is 5. The van der Waals surface area contributed by atoms with Crippen LogP contribution in [0.15, 0.2) is 0 Å². The Hall–Kier alpha value is -1.84. The molecule has 2 heterocycles. The van der Waals surface area contributed by atoms with Crippen molar-refractivity contribution in [1.82, 2.24) is 19.9 Å². The van der Waals surface area contributed by atoms with Crippen molar-refractivity contribution in [2.75, 3.05) is 48.5 Å². The normalized spacial score (nSPS) is 10.5. The lowest BCUT2D eigenvalue weighted by atomic mass is 10.1. The van der Waals surface area contributed by atoms with Crippen LogP contribution in [0.1, 0.15) is 27.2 Å². The van der Waals surface area contributed by atoms with E-state index in [1.165, 1.54) is 0 Å². The number of fused-ring (bicyclic) bond motifs is 1. The topological polar surface area (TPSA) is 120 Å². The Morgan fingerprint density at radius 3 is 1.69 bits per heavy atom. The van der Waals surface area contributed by atoms with Crippen molar-refractivity contribution >= 4 is 59.4 Å². The Morgan fingerprint density at radius 1 is 0.846 bits per heavy atom. The molecule has 0 radical (unpaired) electrons. The molecule has 0 aliphatic carbocycles. The van der Waals surface area contributed by atoms with Gasteiger partial charge in [0.15, 0.2) is 11.6 Å². The zero-order valence-electron chi connectivity index (χ0n) is 15.7. The molecule has 0 saturated heterocycles. The van der Waals surface area contributed by atoms with Gasteiger partial charge in [-0.1, -0.05) is 6.92 Å². The highest BCUT2D eigenvalue weighted by Gasteiger charge is 2.18. The van der Waals surface area contributed by atoms with E-state index in [0.29, 0.717) is 41.1 Å². The second kappa shape index (κ2) is 10.3. The molecular weight excluding hydrogens is 379 g/mol. The Kier molecular flexibility index (Phi) is 9.61. The SMILES string of the molecule is CCCNc1nc(NC)nc2c(NCC(C)(C)O)nc(NC)nc12.Cl.Cl. The van der Waals surface area contributed by atoms with Crippen molar-refractivity contribution in [3.63, 3.8) is 0 Å².